The Morgan fingerprint density at radius 1 is 1.21 bits per heavy atom. The van der Waals surface area contributed by atoms with Gasteiger partial charge in [-0.15, -0.1) is 0 Å². The Hall–Kier alpha value is -2.02. The van der Waals surface area contributed by atoms with E-state index in [-0.39, 0.29) is 5.69 Å². The molecule has 0 saturated heterocycles. The van der Waals surface area contributed by atoms with Gasteiger partial charge in [0.05, 0.1) is 28.5 Å². The molecule has 7 heteroatoms. The zero-order valence-corrected chi connectivity index (χ0v) is 14.5. The first kappa shape index (κ1) is 18.3. The van der Waals surface area contributed by atoms with Gasteiger partial charge in [0.15, 0.2) is 0 Å². The molecule has 0 aromatic heterocycles. The third kappa shape index (κ3) is 5.26. The van der Waals surface area contributed by atoms with Crippen LogP contribution in [0.25, 0.3) is 0 Å². The molecular weight excluding hydrogens is 385 g/mol. The average Bonchev–Trinajstić information content (AvgIpc) is 2.54. The van der Waals surface area contributed by atoms with E-state index in [9.17, 15) is 13.2 Å². The Bertz CT molecular complexity index is 717. The van der Waals surface area contributed by atoms with Crippen molar-refractivity contribution in [3.05, 3.63) is 58.1 Å². The fourth-order valence-electron chi connectivity index (χ4n) is 1.87. The van der Waals surface area contributed by atoms with Crippen LogP contribution in [0.2, 0.25) is 0 Å². The Labute approximate surface area is 146 Å². The highest BCUT2D eigenvalue weighted by Gasteiger charge is 2.30. The lowest BCUT2D eigenvalue weighted by Crippen LogP contribution is -2.05. The predicted molar refractivity (Wildman–Crippen MR) is 92.6 cm³/mol. The summed E-state index contributed by atoms with van der Waals surface area (Å²) in [6.07, 6.45) is -1.94. The molecule has 0 spiro atoms. The topological polar surface area (TPSA) is 33.6 Å². The van der Waals surface area contributed by atoms with Crippen LogP contribution in [0.3, 0.4) is 0 Å². The second kappa shape index (κ2) is 8.19. The van der Waals surface area contributed by atoms with Gasteiger partial charge in [0.2, 0.25) is 0 Å². The minimum absolute atomic E-state index is 0.267. The summed E-state index contributed by atoms with van der Waals surface area (Å²) in [6.45, 7) is 2.65. The van der Waals surface area contributed by atoms with E-state index in [1.165, 1.54) is 18.3 Å². The van der Waals surface area contributed by atoms with Crippen molar-refractivity contribution in [2.45, 2.75) is 19.5 Å². The summed E-state index contributed by atoms with van der Waals surface area (Å²) in [5.41, 5.74) is 2.93. The number of benzene rings is 2. The number of hydrogen-bond donors (Lipinski definition) is 1. The normalized spacial score (nSPS) is 11.7. The number of nitrogens with zero attached hydrogens (tertiary/aromatic N) is 1. The van der Waals surface area contributed by atoms with Gasteiger partial charge < -0.3 is 4.74 Å². The number of anilines is 1. The molecule has 2 aromatic rings. The van der Waals surface area contributed by atoms with Gasteiger partial charge >= 0.3 is 6.18 Å². The third-order valence-electron chi connectivity index (χ3n) is 3.01. The number of halogens is 4. The van der Waals surface area contributed by atoms with Gasteiger partial charge in [-0.25, -0.2) is 0 Å². The molecule has 24 heavy (non-hydrogen) atoms. The molecule has 0 aliphatic rings. The summed E-state index contributed by atoms with van der Waals surface area (Å²) in [7, 11) is 0. The Kier molecular flexibility index (Phi) is 6.25. The molecule has 1 N–H and O–H groups in total. The maximum absolute atomic E-state index is 12.6. The lowest BCUT2D eigenvalue weighted by atomic mass is 10.2. The predicted octanol–water partition coefficient (Wildman–Crippen LogP) is 5.70. The number of hydrazone groups is 1. The van der Waals surface area contributed by atoms with Crippen molar-refractivity contribution in [3.63, 3.8) is 0 Å². The van der Waals surface area contributed by atoms with E-state index in [1.54, 1.807) is 0 Å². The maximum Gasteiger partial charge on any atom is 0.416 e. The van der Waals surface area contributed by atoms with Crippen LogP contribution in [-0.4, -0.2) is 12.8 Å². The first-order valence-electron chi connectivity index (χ1n) is 7.29. The molecule has 0 heterocycles. The lowest BCUT2D eigenvalue weighted by Gasteiger charge is -2.08. The summed E-state index contributed by atoms with van der Waals surface area (Å²) in [5, 5.41) is 3.96. The highest BCUT2D eigenvalue weighted by molar-refractivity contribution is 9.10. The maximum atomic E-state index is 12.6. The van der Waals surface area contributed by atoms with Crippen LogP contribution >= 0.6 is 15.9 Å². The lowest BCUT2D eigenvalue weighted by molar-refractivity contribution is -0.137. The molecule has 0 saturated carbocycles. The molecule has 0 unspecified atom stereocenters. The minimum Gasteiger partial charge on any atom is -0.492 e. The van der Waals surface area contributed by atoms with Crippen molar-refractivity contribution in [3.8, 4) is 5.75 Å². The van der Waals surface area contributed by atoms with Crippen molar-refractivity contribution < 1.29 is 17.9 Å². The Morgan fingerprint density at radius 2 is 2.00 bits per heavy atom. The van der Waals surface area contributed by atoms with Gasteiger partial charge in [0.25, 0.3) is 0 Å². The van der Waals surface area contributed by atoms with Crippen molar-refractivity contribution in [1.29, 1.82) is 0 Å². The highest BCUT2D eigenvalue weighted by Crippen LogP contribution is 2.30. The van der Waals surface area contributed by atoms with E-state index in [0.717, 1.165) is 34.3 Å². The van der Waals surface area contributed by atoms with Crippen LogP contribution in [-0.2, 0) is 6.18 Å². The monoisotopic (exact) mass is 400 g/mol. The molecule has 0 aliphatic heterocycles. The molecule has 0 atom stereocenters. The van der Waals surface area contributed by atoms with Crippen LogP contribution in [0.1, 0.15) is 24.5 Å². The fourth-order valence-corrected chi connectivity index (χ4v) is 2.38. The third-order valence-corrected chi connectivity index (χ3v) is 3.63. The number of nitrogens with one attached hydrogen (secondary N) is 1. The molecule has 0 amide bonds. The molecule has 2 aromatic carbocycles. The second-order valence-electron chi connectivity index (χ2n) is 4.99. The van der Waals surface area contributed by atoms with Crippen molar-refractivity contribution >= 4 is 27.8 Å². The first-order valence-corrected chi connectivity index (χ1v) is 8.08. The second-order valence-corrected chi connectivity index (χ2v) is 5.84. The summed E-state index contributed by atoms with van der Waals surface area (Å²) < 4.78 is 44.3. The number of hydrogen-bond acceptors (Lipinski definition) is 3. The Morgan fingerprint density at radius 3 is 2.67 bits per heavy atom. The van der Waals surface area contributed by atoms with Gasteiger partial charge in [-0.2, -0.15) is 18.3 Å². The van der Waals surface area contributed by atoms with E-state index in [0.29, 0.717) is 6.61 Å². The average molecular weight is 401 g/mol. The van der Waals surface area contributed by atoms with Crippen LogP contribution in [0.4, 0.5) is 18.9 Å². The van der Waals surface area contributed by atoms with Crippen LogP contribution in [0.15, 0.2) is 52.0 Å². The summed E-state index contributed by atoms with van der Waals surface area (Å²) in [6, 6.07) is 10.3. The van der Waals surface area contributed by atoms with E-state index in [4.69, 9.17) is 4.74 Å². The molecule has 2 rings (SSSR count). The summed E-state index contributed by atoms with van der Waals surface area (Å²) >= 11 is 3.41. The van der Waals surface area contributed by atoms with Crippen LogP contribution in [0.5, 0.6) is 5.75 Å². The van der Waals surface area contributed by atoms with Crippen molar-refractivity contribution in [2.24, 2.45) is 5.10 Å². The highest BCUT2D eigenvalue weighted by atomic mass is 79.9. The van der Waals surface area contributed by atoms with Crippen LogP contribution in [0, 0.1) is 0 Å². The molecule has 0 aliphatic carbocycles. The molecule has 0 radical (unpaired) electrons. The summed E-state index contributed by atoms with van der Waals surface area (Å²) in [5.74, 6) is 0.736. The van der Waals surface area contributed by atoms with Gasteiger partial charge in [-0.3, -0.25) is 5.43 Å². The van der Waals surface area contributed by atoms with Gasteiger partial charge in [0.1, 0.15) is 5.75 Å². The van der Waals surface area contributed by atoms with E-state index >= 15 is 0 Å². The first-order chi connectivity index (χ1) is 11.4. The molecule has 128 valence electrons. The molecule has 0 bridgehead atoms. The standard InChI is InChI=1S/C17H16BrF3N2O/c1-2-8-24-16-7-6-12(9-15(16)18)11-22-23-14-5-3-4-13(10-14)17(19,20)21/h3-7,9-11,23H,2,8H2,1H3. The van der Waals surface area contributed by atoms with E-state index in [1.807, 2.05) is 25.1 Å². The van der Waals surface area contributed by atoms with Gasteiger partial charge in [0, 0.05) is 0 Å². The fraction of sp³-hybridized carbons (Fsp3) is 0.235. The zero-order chi connectivity index (χ0) is 17.6. The van der Waals surface area contributed by atoms with Crippen molar-refractivity contribution in [1.82, 2.24) is 0 Å². The Balaban J connectivity index is 2.03. The van der Waals surface area contributed by atoms with Gasteiger partial charge in [-0.1, -0.05) is 13.0 Å². The largest absolute Gasteiger partial charge is 0.492 e. The van der Waals surface area contributed by atoms with Crippen molar-refractivity contribution in [2.75, 3.05) is 12.0 Å². The molecule has 0 fully saturated rings. The quantitative estimate of drug-likeness (QED) is 0.498. The molecular formula is C17H16BrF3N2O. The summed E-state index contributed by atoms with van der Waals surface area (Å²) in [4.78, 5) is 0. The van der Waals surface area contributed by atoms with E-state index in [2.05, 4.69) is 26.5 Å². The number of alkyl halides is 3. The SMILES string of the molecule is CCCOc1ccc(C=NNc2cccc(C(F)(F)F)c2)cc1Br. The van der Waals surface area contributed by atoms with E-state index < -0.39 is 11.7 Å². The van der Waals surface area contributed by atoms with Crippen LogP contribution < -0.4 is 10.2 Å². The van der Waals surface area contributed by atoms with Gasteiger partial charge in [-0.05, 0) is 64.3 Å². The zero-order valence-electron chi connectivity index (χ0n) is 12.9. The number of ether oxygens (including phenoxy) is 1. The minimum atomic E-state index is -4.37. The molecule has 3 nitrogen and oxygen atoms in total. The number of rotatable bonds is 6. The smallest absolute Gasteiger partial charge is 0.416 e.